The third kappa shape index (κ3) is 3.82. The number of rotatable bonds is 4. The highest BCUT2D eigenvalue weighted by molar-refractivity contribution is 6.31. The normalized spacial score (nSPS) is 20.5. The van der Waals surface area contributed by atoms with Gasteiger partial charge in [0, 0.05) is 43.7 Å². The van der Waals surface area contributed by atoms with Crippen LogP contribution in [0, 0.1) is 0 Å². The number of piperazine rings is 1. The fourth-order valence-corrected chi connectivity index (χ4v) is 3.94. The number of carbonyl (C=O) groups is 1. The van der Waals surface area contributed by atoms with Crippen molar-refractivity contribution in [2.75, 3.05) is 26.2 Å². The lowest BCUT2D eigenvalue weighted by atomic mass is 10.1. The van der Waals surface area contributed by atoms with Gasteiger partial charge in [-0.15, -0.1) is 0 Å². The fourth-order valence-electron chi connectivity index (χ4n) is 3.71. The maximum atomic E-state index is 12.4. The Hall–Kier alpha value is -1.06. The lowest BCUT2D eigenvalue weighted by Gasteiger charge is -2.38. The molecule has 1 saturated heterocycles. The summed E-state index contributed by atoms with van der Waals surface area (Å²) in [5, 5.41) is 0.765. The summed E-state index contributed by atoms with van der Waals surface area (Å²) in [6.07, 6.45) is 6.75. The van der Waals surface area contributed by atoms with Crippen molar-refractivity contribution in [3.63, 3.8) is 0 Å². The van der Waals surface area contributed by atoms with E-state index < -0.39 is 0 Å². The van der Waals surface area contributed by atoms with E-state index in [9.17, 15) is 4.79 Å². The standard InChI is InChI=1S/C18H25ClN2O/c19-17-8-4-1-5-15(17)9-10-18(22)21-13-11-20(12-14-21)16-6-2-3-7-16/h1,4-5,8,16H,2-3,6-7,9-14H2. The molecule has 1 heterocycles. The molecule has 1 aromatic carbocycles. The summed E-state index contributed by atoms with van der Waals surface area (Å²) in [6, 6.07) is 8.58. The molecule has 22 heavy (non-hydrogen) atoms. The minimum absolute atomic E-state index is 0.269. The summed E-state index contributed by atoms with van der Waals surface area (Å²) in [6.45, 7) is 3.86. The first-order valence-corrected chi connectivity index (χ1v) is 8.87. The zero-order valence-corrected chi connectivity index (χ0v) is 13.9. The average Bonchev–Trinajstić information content (AvgIpc) is 3.08. The van der Waals surface area contributed by atoms with Crippen LogP contribution in [0.2, 0.25) is 5.02 Å². The summed E-state index contributed by atoms with van der Waals surface area (Å²) in [4.78, 5) is 17.0. The molecule has 0 bridgehead atoms. The first kappa shape index (κ1) is 15.8. The molecule has 2 aliphatic rings. The fraction of sp³-hybridized carbons (Fsp3) is 0.611. The van der Waals surface area contributed by atoms with E-state index in [0.29, 0.717) is 6.42 Å². The van der Waals surface area contributed by atoms with Gasteiger partial charge in [0.15, 0.2) is 0 Å². The lowest BCUT2D eigenvalue weighted by Crippen LogP contribution is -2.51. The average molecular weight is 321 g/mol. The molecule has 3 nitrogen and oxygen atoms in total. The molecule has 3 rings (SSSR count). The molecule has 1 aromatic rings. The van der Waals surface area contributed by atoms with Crippen molar-refractivity contribution in [3.8, 4) is 0 Å². The Balaban J connectivity index is 1.45. The quantitative estimate of drug-likeness (QED) is 0.849. The zero-order chi connectivity index (χ0) is 15.4. The highest BCUT2D eigenvalue weighted by atomic mass is 35.5. The predicted octanol–water partition coefficient (Wildman–Crippen LogP) is 3.36. The van der Waals surface area contributed by atoms with Crippen molar-refractivity contribution in [2.45, 2.75) is 44.6 Å². The van der Waals surface area contributed by atoms with Crippen LogP contribution in [0.3, 0.4) is 0 Å². The Kier molecular flexibility index (Phi) is 5.37. The van der Waals surface area contributed by atoms with E-state index in [1.54, 1.807) is 0 Å². The Morgan fingerprint density at radius 1 is 1.09 bits per heavy atom. The van der Waals surface area contributed by atoms with Crippen molar-refractivity contribution >= 4 is 17.5 Å². The van der Waals surface area contributed by atoms with Gasteiger partial charge in [0.25, 0.3) is 0 Å². The first-order chi connectivity index (χ1) is 10.7. The van der Waals surface area contributed by atoms with Gasteiger partial charge in [0.2, 0.25) is 5.91 Å². The molecule has 0 aromatic heterocycles. The Bertz CT molecular complexity index is 506. The molecule has 1 amide bonds. The van der Waals surface area contributed by atoms with Crippen LogP contribution in [0.1, 0.15) is 37.7 Å². The number of halogens is 1. The second-order valence-corrected chi connectivity index (χ2v) is 6.85. The smallest absolute Gasteiger partial charge is 0.222 e. The second kappa shape index (κ2) is 7.47. The summed E-state index contributed by atoms with van der Waals surface area (Å²) in [5.74, 6) is 0.269. The largest absolute Gasteiger partial charge is 0.340 e. The van der Waals surface area contributed by atoms with Crippen molar-refractivity contribution in [1.29, 1.82) is 0 Å². The number of hydrogen-bond donors (Lipinski definition) is 0. The molecule has 1 aliphatic carbocycles. The van der Waals surface area contributed by atoms with Crippen LogP contribution in [0.15, 0.2) is 24.3 Å². The van der Waals surface area contributed by atoms with Gasteiger partial charge < -0.3 is 4.90 Å². The second-order valence-electron chi connectivity index (χ2n) is 6.45. The number of carbonyl (C=O) groups excluding carboxylic acids is 1. The molecule has 1 saturated carbocycles. The highest BCUT2D eigenvalue weighted by Gasteiger charge is 2.27. The molecule has 0 spiro atoms. The van der Waals surface area contributed by atoms with E-state index in [4.69, 9.17) is 11.6 Å². The van der Waals surface area contributed by atoms with Gasteiger partial charge in [-0.25, -0.2) is 0 Å². The minimum Gasteiger partial charge on any atom is -0.340 e. The van der Waals surface area contributed by atoms with Gasteiger partial charge >= 0.3 is 0 Å². The van der Waals surface area contributed by atoms with Gasteiger partial charge in [-0.1, -0.05) is 42.6 Å². The van der Waals surface area contributed by atoms with Gasteiger partial charge in [-0.3, -0.25) is 9.69 Å². The zero-order valence-electron chi connectivity index (χ0n) is 13.1. The molecule has 0 unspecified atom stereocenters. The number of amides is 1. The molecular weight excluding hydrogens is 296 g/mol. The molecule has 0 radical (unpaired) electrons. The van der Waals surface area contributed by atoms with Crippen LogP contribution in [-0.2, 0) is 11.2 Å². The SMILES string of the molecule is O=C(CCc1ccccc1Cl)N1CCN(C2CCCC2)CC1. The summed E-state index contributed by atoms with van der Waals surface area (Å²) >= 11 is 6.15. The molecule has 120 valence electrons. The maximum absolute atomic E-state index is 12.4. The Morgan fingerprint density at radius 2 is 1.77 bits per heavy atom. The molecular formula is C18H25ClN2O. The van der Waals surface area contributed by atoms with Crippen LogP contribution in [-0.4, -0.2) is 47.9 Å². The van der Waals surface area contributed by atoms with Crippen molar-refractivity contribution in [3.05, 3.63) is 34.9 Å². The molecule has 1 aliphatic heterocycles. The van der Waals surface area contributed by atoms with E-state index in [1.165, 1.54) is 25.7 Å². The van der Waals surface area contributed by atoms with Gasteiger partial charge in [-0.2, -0.15) is 0 Å². The van der Waals surface area contributed by atoms with Crippen LogP contribution in [0.4, 0.5) is 0 Å². The van der Waals surface area contributed by atoms with Crippen molar-refractivity contribution < 1.29 is 4.79 Å². The van der Waals surface area contributed by atoms with Crippen LogP contribution < -0.4 is 0 Å². The first-order valence-electron chi connectivity index (χ1n) is 8.49. The molecule has 2 fully saturated rings. The number of nitrogens with zero attached hydrogens (tertiary/aromatic N) is 2. The number of hydrogen-bond acceptors (Lipinski definition) is 2. The number of benzene rings is 1. The Labute approximate surface area is 138 Å². The van der Waals surface area contributed by atoms with E-state index in [0.717, 1.165) is 49.2 Å². The molecule has 0 N–H and O–H groups in total. The van der Waals surface area contributed by atoms with Gasteiger partial charge in [0.1, 0.15) is 0 Å². The summed E-state index contributed by atoms with van der Waals surface area (Å²) < 4.78 is 0. The number of aryl methyl sites for hydroxylation is 1. The van der Waals surface area contributed by atoms with Gasteiger partial charge in [-0.05, 0) is 30.9 Å². The third-order valence-corrected chi connectivity index (χ3v) is 5.44. The summed E-state index contributed by atoms with van der Waals surface area (Å²) in [7, 11) is 0. The predicted molar refractivity (Wildman–Crippen MR) is 90.2 cm³/mol. The van der Waals surface area contributed by atoms with Crippen LogP contribution in [0.25, 0.3) is 0 Å². The van der Waals surface area contributed by atoms with Crippen LogP contribution in [0.5, 0.6) is 0 Å². The van der Waals surface area contributed by atoms with Crippen molar-refractivity contribution in [1.82, 2.24) is 9.80 Å². The van der Waals surface area contributed by atoms with Crippen molar-refractivity contribution in [2.24, 2.45) is 0 Å². The van der Waals surface area contributed by atoms with E-state index >= 15 is 0 Å². The lowest BCUT2D eigenvalue weighted by molar-refractivity contribution is -0.133. The summed E-state index contributed by atoms with van der Waals surface area (Å²) in [5.41, 5.74) is 1.07. The van der Waals surface area contributed by atoms with E-state index in [-0.39, 0.29) is 5.91 Å². The van der Waals surface area contributed by atoms with E-state index in [2.05, 4.69) is 4.90 Å². The maximum Gasteiger partial charge on any atom is 0.222 e. The van der Waals surface area contributed by atoms with Gasteiger partial charge in [0.05, 0.1) is 0 Å². The third-order valence-electron chi connectivity index (χ3n) is 5.07. The molecule has 4 heteroatoms. The Morgan fingerprint density at radius 3 is 2.45 bits per heavy atom. The topological polar surface area (TPSA) is 23.6 Å². The van der Waals surface area contributed by atoms with E-state index in [1.807, 2.05) is 29.2 Å². The molecule has 0 atom stereocenters. The highest BCUT2D eigenvalue weighted by Crippen LogP contribution is 2.24. The monoisotopic (exact) mass is 320 g/mol. The van der Waals surface area contributed by atoms with Crippen LogP contribution >= 0.6 is 11.6 Å². The minimum atomic E-state index is 0.269.